The van der Waals surface area contributed by atoms with Crippen LogP contribution in [0.3, 0.4) is 0 Å². The minimum Gasteiger partial charge on any atom is -0.492 e. The number of thioether (sulfide) groups is 1. The second-order valence-corrected chi connectivity index (χ2v) is 6.86. The largest absolute Gasteiger partial charge is 0.492 e. The minimum absolute atomic E-state index is 0.0901. The Morgan fingerprint density at radius 3 is 2.59 bits per heavy atom. The van der Waals surface area contributed by atoms with E-state index in [1.54, 1.807) is 4.68 Å². The number of aromatic nitrogens is 4. The van der Waals surface area contributed by atoms with E-state index in [1.807, 2.05) is 62.4 Å². The summed E-state index contributed by atoms with van der Waals surface area (Å²) in [6.07, 6.45) is 0. The molecule has 0 radical (unpaired) electrons. The molecule has 8 heteroatoms. The monoisotopic (exact) mass is 383 g/mol. The van der Waals surface area contributed by atoms with Gasteiger partial charge in [0, 0.05) is 0 Å². The van der Waals surface area contributed by atoms with Crippen molar-refractivity contribution in [3.63, 3.8) is 0 Å². The highest BCUT2D eigenvalue weighted by molar-refractivity contribution is 7.99. The predicted molar refractivity (Wildman–Crippen MR) is 104 cm³/mol. The van der Waals surface area contributed by atoms with E-state index in [0.717, 1.165) is 22.6 Å². The number of amides is 1. The number of benzene rings is 2. The Kier molecular flexibility index (Phi) is 6.43. The Bertz CT molecular complexity index is 878. The predicted octanol–water partition coefficient (Wildman–Crippen LogP) is 2.57. The summed E-state index contributed by atoms with van der Waals surface area (Å²) >= 11 is 1.30. The number of hydrogen-bond acceptors (Lipinski definition) is 6. The van der Waals surface area contributed by atoms with Gasteiger partial charge in [-0.3, -0.25) is 4.79 Å². The first kappa shape index (κ1) is 18.9. The van der Waals surface area contributed by atoms with Crippen LogP contribution in [-0.2, 0) is 4.79 Å². The third-order valence-electron chi connectivity index (χ3n) is 3.86. The van der Waals surface area contributed by atoms with E-state index in [2.05, 4.69) is 20.8 Å². The Hall–Kier alpha value is -2.87. The zero-order valence-electron chi connectivity index (χ0n) is 15.3. The maximum Gasteiger partial charge on any atom is 0.230 e. The number of ether oxygens (including phenoxy) is 1. The fourth-order valence-electron chi connectivity index (χ4n) is 2.61. The van der Waals surface area contributed by atoms with Crippen LogP contribution in [0.15, 0.2) is 53.7 Å². The molecule has 0 atom stereocenters. The average Bonchev–Trinajstić information content (AvgIpc) is 3.12. The number of tetrazole rings is 1. The highest BCUT2D eigenvalue weighted by Crippen LogP contribution is 2.23. The summed E-state index contributed by atoms with van der Waals surface area (Å²) in [5.41, 5.74) is 3.10. The fourth-order valence-corrected chi connectivity index (χ4v) is 3.31. The lowest BCUT2D eigenvalue weighted by Gasteiger charge is -2.10. The van der Waals surface area contributed by atoms with Gasteiger partial charge in [0.25, 0.3) is 0 Å². The summed E-state index contributed by atoms with van der Waals surface area (Å²) in [5, 5.41) is 15.3. The van der Waals surface area contributed by atoms with Gasteiger partial charge in [0.15, 0.2) is 0 Å². The first-order chi connectivity index (χ1) is 13.1. The number of nitrogens with one attached hydrogen (secondary N) is 1. The Balaban J connectivity index is 1.49. The van der Waals surface area contributed by atoms with Crippen molar-refractivity contribution >= 4 is 17.7 Å². The van der Waals surface area contributed by atoms with Gasteiger partial charge in [0.05, 0.1) is 18.0 Å². The van der Waals surface area contributed by atoms with Crippen LogP contribution >= 0.6 is 11.8 Å². The van der Waals surface area contributed by atoms with Crippen LogP contribution in [0, 0.1) is 13.8 Å². The molecule has 140 valence electrons. The fraction of sp³-hybridized carbons (Fsp3) is 0.263. The van der Waals surface area contributed by atoms with Crippen molar-refractivity contribution in [1.82, 2.24) is 25.5 Å². The van der Waals surface area contributed by atoms with E-state index in [0.29, 0.717) is 18.3 Å². The van der Waals surface area contributed by atoms with Crippen LogP contribution < -0.4 is 10.1 Å². The molecular formula is C19H21N5O2S. The van der Waals surface area contributed by atoms with E-state index >= 15 is 0 Å². The second-order valence-electron chi connectivity index (χ2n) is 5.91. The van der Waals surface area contributed by atoms with Gasteiger partial charge in [-0.2, -0.15) is 4.68 Å². The normalized spacial score (nSPS) is 10.6. The van der Waals surface area contributed by atoms with Crippen molar-refractivity contribution in [2.45, 2.75) is 19.0 Å². The summed E-state index contributed by atoms with van der Waals surface area (Å²) in [5.74, 6) is 0.929. The van der Waals surface area contributed by atoms with Gasteiger partial charge in [-0.25, -0.2) is 0 Å². The molecular weight excluding hydrogens is 362 g/mol. The lowest BCUT2D eigenvalue weighted by atomic mass is 10.1. The van der Waals surface area contributed by atoms with Crippen molar-refractivity contribution in [2.24, 2.45) is 0 Å². The molecule has 7 nitrogen and oxygen atoms in total. The third kappa shape index (κ3) is 5.07. The smallest absolute Gasteiger partial charge is 0.230 e. The molecule has 3 aromatic rings. The molecule has 27 heavy (non-hydrogen) atoms. The number of nitrogens with zero attached hydrogens (tertiary/aromatic N) is 4. The van der Waals surface area contributed by atoms with Crippen molar-refractivity contribution in [3.8, 4) is 11.4 Å². The highest BCUT2D eigenvalue weighted by atomic mass is 32.2. The Morgan fingerprint density at radius 2 is 1.85 bits per heavy atom. The molecule has 1 heterocycles. The lowest BCUT2D eigenvalue weighted by molar-refractivity contribution is -0.118. The molecule has 0 aliphatic rings. The molecule has 0 aliphatic carbocycles. The maximum absolute atomic E-state index is 12.1. The van der Waals surface area contributed by atoms with E-state index in [9.17, 15) is 4.79 Å². The third-order valence-corrected chi connectivity index (χ3v) is 4.78. The van der Waals surface area contributed by atoms with Crippen LogP contribution in [0.2, 0.25) is 0 Å². The van der Waals surface area contributed by atoms with Crippen LogP contribution in [0.25, 0.3) is 5.69 Å². The topological polar surface area (TPSA) is 81.9 Å². The van der Waals surface area contributed by atoms with E-state index in [4.69, 9.17) is 4.74 Å². The number of hydrogen-bond donors (Lipinski definition) is 1. The molecule has 0 bridgehead atoms. The minimum atomic E-state index is -0.0901. The van der Waals surface area contributed by atoms with Gasteiger partial charge in [0.2, 0.25) is 11.1 Å². The number of aryl methyl sites for hydroxylation is 2. The number of rotatable bonds is 8. The van der Waals surface area contributed by atoms with Gasteiger partial charge < -0.3 is 10.1 Å². The summed E-state index contributed by atoms with van der Waals surface area (Å²) in [4.78, 5) is 12.1. The summed E-state index contributed by atoms with van der Waals surface area (Å²) in [6, 6.07) is 15.5. The molecule has 0 fully saturated rings. The van der Waals surface area contributed by atoms with Crippen molar-refractivity contribution in [2.75, 3.05) is 18.9 Å². The van der Waals surface area contributed by atoms with Gasteiger partial charge in [-0.1, -0.05) is 48.2 Å². The average molecular weight is 383 g/mol. The number of carbonyl (C=O) groups excluding carboxylic acids is 1. The zero-order chi connectivity index (χ0) is 19.1. The highest BCUT2D eigenvalue weighted by Gasteiger charge is 2.14. The standard InChI is InChI=1S/C19H21N5O2S/c1-14-7-6-8-15(2)18(14)24-19(21-22-23-24)27-13-17(25)20-11-12-26-16-9-4-3-5-10-16/h3-10H,11-13H2,1-2H3,(H,20,25). The van der Waals surface area contributed by atoms with Crippen molar-refractivity contribution in [1.29, 1.82) is 0 Å². The quantitative estimate of drug-likeness (QED) is 0.476. The molecule has 1 N–H and O–H groups in total. The molecule has 0 unspecified atom stereocenters. The van der Waals surface area contributed by atoms with Crippen LogP contribution in [0.4, 0.5) is 0 Å². The first-order valence-electron chi connectivity index (χ1n) is 8.57. The maximum atomic E-state index is 12.1. The van der Waals surface area contributed by atoms with Gasteiger partial charge in [0.1, 0.15) is 12.4 Å². The lowest BCUT2D eigenvalue weighted by Crippen LogP contribution is -2.29. The molecule has 1 aromatic heterocycles. The Labute approximate surface area is 162 Å². The van der Waals surface area contributed by atoms with Crippen molar-refractivity contribution in [3.05, 3.63) is 59.7 Å². The number of para-hydroxylation sites is 2. The molecule has 0 aliphatic heterocycles. The first-order valence-corrected chi connectivity index (χ1v) is 9.56. The molecule has 0 spiro atoms. The molecule has 3 rings (SSSR count). The summed E-state index contributed by atoms with van der Waals surface area (Å²) in [7, 11) is 0. The Morgan fingerprint density at radius 1 is 1.11 bits per heavy atom. The molecule has 0 saturated heterocycles. The van der Waals surface area contributed by atoms with E-state index in [-0.39, 0.29) is 11.7 Å². The van der Waals surface area contributed by atoms with Crippen molar-refractivity contribution < 1.29 is 9.53 Å². The molecule has 0 saturated carbocycles. The van der Waals surface area contributed by atoms with Gasteiger partial charge in [-0.15, -0.1) is 5.10 Å². The van der Waals surface area contributed by atoms with Crippen LogP contribution in [-0.4, -0.2) is 45.0 Å². The SMILES string of the molecule is Cc1cccc(C)c1-n1nnnc1SCC(=O)NCCOc1ccccc1. The molecule has 1 amide bonds. The summed E-state index contributed by atoms with van der Waals surface area (Å²) in [6.45, 7) is 4.88. The molecule has 2 aromatic carbocycles. The zero-order valence-corrected chi connectivity index (χ0v) is 16.1. The second kappa shape index (κ2) is 9.18. The van der Waals surface area contributed by atoms with E-state index < -0.39 is 0 Å². The van der Waals surface area contributed by atoms with Gasteiger partial charge in [-0.05, 0) is 47.5 Å². The summed E-state index contributed by atoms with van der Waals surface area (Å²) < 4.78 is 7.23. The van der Waals surface area contributed by atoms with Crippen LogP contribution in [0.1, 0.15) is 11.1 Å². The van der Waals surface area contributed by atoms with E-state index in [1.165, 1.54) is 11.8 Å². The van der Waals surface area contributed by atoms with Gasteiger partial charge >= 0.3 is 0 Å². The number of carbonyl (C=O) groups is 1. The van der Waals surface area contributed by atoms with Crippen LogP contribution in [0.5, 0.6) is 5.75 Å².